The van der Waals surface area contributed by atoms with Crippen LogP contribution in [0.1, 0.15) is 21.9 Å². The number of nitrogens with zero attached hydrogens (tertiary/aromatic N) is 5. The van der Waals surface area contributed by atoms with E-state index < -0.39 is 0 Å². The van der Waals surface area contributed by atoms with Gasteiger partial charge in [-0.3, -0.25) is 9.48 Å². The van der Waals surface area contributed by atoms with Gasteiger partial charge in [0, 0.05) is 62.8 Å². The number of hydrogen-bond donors (Lipinski definition) is 0. The number of benzene rings is 1. The van der Waals surface area contributed by atoms with E-state index in [9.17, 15) is 4.79 Å². The molecule has 0 bridgehead atoms. The van der Waals surface area contributed by atoms with Crippen molar-refractivity contribution in [2.45, 2.75) is 12.8 Å². The van der Waals surface area contributed by atoms with E-state index in [0.29, 0.717) is 18.9 Å². The van der Waals surface area contributed by atoms with Crippen molar-refractivity contribution in [1.29, 1.82) is 0 Å². The number of hydrogen-bond acceptors (Lipinski definition) is 3. The quantitative estimate of drug-likeness (QED) is 0.720. The van der Waals surface area contributed by atoms with Crippen molar-refractivity contribution in [3.63, 3.8) is 0 Å². The van der Waals surface area contributed by atoms with Crippen LogP contribution >= 0.6 is 0 Å². The highest BCUT2D eigenvalue weighted by Gasteiger charge is 2.26. The monoisotopic (exact) mass is 335 g/mol. The molecule has 4 rings (SSSR count). The summed E-state index contributed by atoms with van der Waals surface area (Å²) in [4.78, 5) is 18.9. The van der Waals surface area contributed by atoms with Gasteiger partial charge in [-0.05, 0) is 6.42 Å². The zero-order valence-corrected chi connectivity index (χ0v) is 14.5. The molecule has 3 heterocycles. The Balaban J connectivity index is 1.63. The van der Waals surface area contributed by atoms with Crippen molar-refractivity contribution in [2.24, 2.45) is 14.1 Å². The van der Waals surface area contributed by atoms with Crippen LogP contribution < -0.4 is 0 Å². The molecule has 1 aliphatic heterocycles. The molecular weight excluding hydrogens is 314 g/mol. The van der Waals surface area contributed by atoms with Crippen molar-refractivity contribution in [1.82, 2.24) is 24.2 Å². The Morgan fingerprint density at radius 1 is 1.08 bits per heavy atom. The molecule has 6 heteroatoms. The minimum absolute atomic E-state index is 0.00507. The number of rotatable bonds is 2. The van der Waals surface area contributed by atoms with E-state index in [-0.39, 0.29) is 5.91 Å². The Morgan fingerprint density at radius 2 is 1.84 bits per heavy atom. The van der Waals surface area contributed by atoms with Crippen LogP contribution in [0, 0.1) is 0 Å². The average molecular weight is 335 g/mol. The van der Waals surface area contributed by atoms with Crippen molar-refractivity contribution in [3.8, 4) is 11.3 Å². The van der Waals surface area contributed by atoms with Gasteiger partial charge in [-0.2, -0.15) is 5.10 Å². The lowest BCUT2D eigenvalue weighted by Crippen LogP contribution is -2.35. The Bertz CT molecular complexity index is 909. The van der Waals surface area contributed by atoms with E-state index >= 15 is 0 Å². The second-order valence-corrected chi connectivity index (χ2v) is 6.42. The van der Waals surface area contributed by atoms with Gasteiger partial charge in [0.05, 0.1) is 5.69 Å². The first-order valence-electron chi connectivity index (χ1n) is 8.52. The molecule has 128 valence electrons. The third kappa shape index (κ3) is 2.73. The second kappa shape index (κ2) is 6.20. The van der Waals surface area contributed by atoms with Crippen molar-refractivity contribution < 1.29 is 4.79 Å². The molecule has 0 atom stereocenters. The van der Waals surface area contributed by atoms with Gasteiger partial charge in [0.15, 0.2) is 5.82 Å². The molecule has 0 radical (unpaired) electrons. The van der Waals surface area contributed by atoms with Crippen LogP contribution in [0.5, 0.6) is 0 Å². The highest BCUT2D eigenvalue weighted by atomic mass is 16.2. The highest BCUT2D eigenvalue weighted by Crippen LogP contribution is 2.28. The van der Waals surface area contributed by atoms with Crippen LogP contribution in [0.2, 0.25) is 0 Å². The van der Waals surface area contributed by atoms with E-state index in [4.69, 9.17) is 5.10 Å². The molecule has 1 aliphatic rings. The molecular formula is C19H21N5O. The van der Waals surface area contributed by atoms with Crippen LogP contribution in [0.4, 0.5) is 0 Å². The lowest BCUT2D eigenvalue weighted by Gasteiger charge is -2.20. The highest BCUT2D eigenvalue weighted by molar-refractivity contribution is 5.91. The van der Waals surface area contributed by atoms with Gasteiger partial charge < -0.3 is 9.47 Å². The van der Waals surface area contributed by atoms with E-state index in [1.165, 1.54) is 11.3 Å². The predicted molar refractivity (Wildman–Crippen MR) is 95.2 cm³/mol. The van der Waals surface area contributed by atoms with Gasteiger partial charge in [-0.15, -0.1) is 0 Å². The van der Waals surface area contributed by atoms with Crippen molar-refractivity contribution in [3.05, 3.63) is 59.8 Å². The van der Waals surface area contributed by atoms with Gasteiger partial charge in [-0.25, -0.2) is 4.98 Å². The number of aromatic nitrogens is 4. The van der Waals surface area contributed by atoms with Crippen LogP contribution in [0.25, 0.3) is 11.3 Å². The molecule has 0 unspecified atom stereocenters. The van der Waals surface area contributed by atoms with E-state index in [1.54, 1.807) is 17.0 Å². The third-order valence-electron chi connectivity index (χ3n) is 4.87. The fourth-order valence-electron chi connectivity index (χ4n) is 3.52. The summed E-state index contributed by atoms with van der Waals surface area (Å²) in [6, 6.07) is 10.3. The lowest BCUT2D eigenvalue weighted by molar-refractivity contribution is 0.0746. The summed E-state index contributed by atoms with van der Waals surface area (Å²) < 4.78 is 3.74. The smallest absolute Gasteiger partial charge is 0.289 e. The molecule has 1 aromatic carbocycles. The van der Waals surface area contributed by atoms with Crippen LogP contribution in [-0.2, 0) is 26.9 Å². The number of fused-ring (bicyclic) bond motifs is 1. The van der Waals surface area contributed by atoms with E-state index in [1.807, 2.05) is 41.9 Å². The van der Waals surface area contributed by atoms with Crippen molar-refractivity contribution >= 4 is 5.91 Å². The summed E-state index contributed by atoms with van der Waals surface area (Å²) in [5.74, 6) is 0.488. The topological polar surface area (TPSA) is 56.0 Å². The van der Waals surface area contributed by atoms with Gasteiger partial charge >= 0.3 is 0 Å². The van der Waals surface area contributed by atoms with Gasteiger partial charge in [0.25, 0.3) is 5.91 Å². The van der Waals surface area contributed by atoms with Crippen LogP contribution in [0.15, 0.2) is 42.7 Å². The first-order valence-corrected chi connectivity index (χ1v) is 8.52. The molecule has 0 aliphatic carbocycles. The number of imidazole rings is 1. The Morgan fingerprint density at radius 3 is 2.56 bits per heavy atom. The van der Waals surface area contributed by atoms with E-state index in [0.717, 1.165) is 24.1 Å². The molecule has 3 aromatic rings. The largest absolute Gasteiger partial charge is 0.335 e. The summed E-state index contributed by atoms with van der Waals surface area (Å²) in [6.45, 7) is 1.37. The molecule has 2 aromatic heterocycles. The van der Waals surface area contributed by atoms with Crippen LogP contribution in [-0.4, -0.2) is 43.2 Å². The van der Waals surface area contributed by atoms with Crippen molar-refractivity contribution in [2.75, 3.05) is 13.1 Å². The maximum Gasteiger partial charge on any atom is 0.289 e. The predicted octanol–water partition coefficient (Wildman–Crippen LogP) is 2.06. The number of aryl methyl sites for hydroxylation is 2. The van der Waals surface area contributed by atoms with Gasteiger partial charge in [0.2, 0.25) is 0 Å². The fourth-order valence-corrected chi connectivity index (χ4v) is 3.52. The second-order valence-electron chi connectivity index (χ2n) is 6.42. The molecule has 0 spiro atoms. The average Bonchev–Trinajstić information content (AvgIpc) is 3.10. The fraction of sp³-hybridized carbons (Fsp3) is 0.316. The minimum atomic E-state index is -0.00507. The molecule has 1 amide bonds. The Labute approximate surface area is 146 Å². The summed E-state index contributed by atoms with van der Waals surface area (Å²) in [5.41, 5.74) is 4.63. The Hall–Kier alpha value is -2.89. The summed E-state index contributed by atoms with van der Waals surface area (Å²) in [6.07, 6.45) is 5.08. The van der Waals surface area contributed by atoms with E-state index in [2.05, 4.69) is 17.1 Å². The maximum atomic E-state index is 12.8. The number of amides is 1. The summed E-state index contributed by atoms with van der Waals surface area (Å²) in [7, 11) is 3.84. The van der Waals surface area contributed by atoms with Gasteiger partial charge in [0.1, 0.15) is 0 Å². The summed E-state index contributed by atoms with van der Waals surface area (Å²) >= 11 is 0. The van der Waals surface area contributed by atoms with Gasteiger partial charge in [-0.1, -0.05) is 30.3 Å². The molecule has 0 saturated carbocycles. The van der Waals surface area contributed by atoms with Crippen LogP contribution in [0.3, 0.4) is 0 Å². The first-order chi connectivity index (χ1) is 12.1. The first kappa shape index (κ1) is 15.6. The zero-order valence-electron chi connectivity index (χ0n) is 14.5. The minimum Gasteiger partial charge on any atom is -0.335 e. The maximum absolute atomic E-state index is 12.8. The molecule has 0 fully saturated rings. The summed E-state index contributed by atoms with van der Waals surface area (Å²) in [5, 5.41) is 4.73. The Kier molecular flexibility index (Phi) is 3.87. The molecule has 0 N–H and O–H groups in total. The SMILES string of the molecule is Cn1ccnc1C(=O)N1CCc2c(-c3ccccc3)nn(C)c2CC1. The lowest BCUT2D eigenvalue weighted by atomic mass is 10.0. The molecule has 6 nitrogen and oxygen atoms in total. The normalized spacial score (nSPS) is 14.2. The molecule has 0 saturated heterocycles. The molecule has 25 heavy (non-hydrogen) atoms. The number of carbonyl (C=O) groups is 1. The third-order valence-corrected chi connectivity index (χ3v) is 4.87. The standard InChI is InChI=1S/C19H21N5O/c1-22-13-10-20-18(22)19(25)24-11-8-15-16(9-12-24)23(2)21-17(15)14-6-4-3-5-7-14/h3-7,10,13H,8-9,11-12H2,1-2H3. The number of carbonyl (C=O) groups excluding carboxylic acids is 1. The zero-order chi connectivity index (χ0) is 17.4.